The average molecular weight is 449 g/mol. The van der Waals surface area contributed by atoms with Gasteiger partial charge in [0.25, 0.3) is 0 Å². The lowest BCUT2D eigenvalue weighted by Gasteiger charge is -2.06. The topological polar surface area (TPSA) is 82.9 Å². The number of aryl methyl sites for hydroxylation is 4. The molecule has 2 rings (SSSR count). The van der Waals surface area contributed by atoms with Crippen molar-refractivity contribution in [2.45, 2.75) is 73.6 Å². The molecular formula is C27H36N4O2. The van der Waals surface area contributed by atoms with Gasteiger partial charge < -0.3 is 0 Å². The maximum absolute atomic E-state index is 12.0. The molecule has 0 fully saturated rings. The first-order chi connectivity index (χ1) is 15.7. The van der Waals surface area contributed by atoms with Gasteiger partial charge >= 0.3 is 0 Å². The van der Waals surface area contributed by atoms with Crippen molar-refractivity contribution in [1.29, 1.82) is 0 Å². The minimum Gasteiger partial charge on any atom is -0.273 e. The van der Waals surface area contributed by atoms with Crippen LogP contribution in [0.25, 0.3) is 0 Å². The summed E-state index contributed by atoms with van der Waals surface area (Å²) in [5, 5.41) is 8.41. The van der Waals surface area contributed by atoms with Gasteiger partial charge in [-0.3, -0.25) is 9.59 Å². The summed E-state index contributed by atoms with van der Waals surface area (Å²) in [4.78, 5) is 24.1. The highest BCUT2D eigenvalue weighted by atomic mass is 16.2. The van der Waals surface area contributed by atoms with Gasteiger partial charge in [0.05, 0.1) is 11.4 Å². The van der Waals surface area contributed by atoms with Crippen molar-refractivity contribution < 1.29 is 9.59 Å². The first kappa shape index (κ1) is 26.0. The summed E-state index contributed by atoms with van der Waals surface area (Å²) >= 11 is 0. The fourth-order valence-electron chi connectivity index (χ4n) is 3.21. The lowest BCUT2D eigenvalue weighted by molar-refractivity contribution is -0.121. The van der Waals surface area contributed by atoms with E-state index in [4.69, 9.17) is 0 Å². The second kappa shape index (κ2) is 12.7. The van der Waals surface area contributed by atoms with Gasteiger partial charge in [-0.05, 0) is 99.9 Å². The lowest BCUT2D eigenvalue weighted by atomic mass is 10.0. The van der Waals surface area contributed by atoms with Gasteiger partial charge in [0.2, 0.25) is 11.8 Å². The van der Waals surface area contributed by atoms with Crippen LogP contribution in [0.3, 0.4) is 0 Å². The number of carbonyl (C=O) groups is 2. The van der Waals surface area contributed by atoms with Crippen LogP contribution in [0.2, 0.25) is 0 Å². The smallest absolute Gasteiger partial charge is 0.240 e. The highest BCUT2D eigenvalue weighted by Gasteiger charge is 2.05. The second-order valence-electron chi connectivity index (χ2n) is 8.62. The maximum atomic E-state index is 12.0. The number of carbonyl (C=O) groups excluding carboxylic acids is 2. The highest BCUT2D eigenvalue weighted by molar-refractivity contribution is 6.00. The van der Waals surface area contributed by atoms with E-state index in [2.05, 4.69) is 73.0 Å². The molecule has 2 aromatic carbocycles. The molecule has 0 saturated heterocycles. The summed E-state index contributed by atoms with van der Waals surface area (Å²) in [5.74, 6) is -0.229. The van der Waals surface area contributed by atoms with Gasteiger partial charge in [0.1, 0.15) is 0 Å². The average Bonchev–Trinajstić information content (AvgIpc) is 2.79. The van der Waals surface area contributed by atoms with Gasteiger partial charge in [-0.1, -0.05) is 30.7 Å². The fourth-order valence-corrected chi connectivity index (χ4v) is 3.21. The monoisotopic (exact) mass is 448 g/mol. The molecule has 0 aliphatic carbocycles. The van der Waals surface area contributed by atoms with E-state index >= 15 is 0 Å². The molecule has 0 unspecified atom stereocenters. The Kier molecular flexibility index (Phi) is 9.98. The number of hydrazone groups is 2. The van der Waals surface area contributed by atoms with E-state index in [9.17, 15) is 9.59 Å². The van der Waals surface area contributed by atoms with Crippen LogP contribution in [0.1, 0.15) is 79.3 Å². The van der Waals surface area contributed by atoms with Crippen molar-refractivity contribution in [1.82, 2.24) is 10.9 Å². The molecular weight excluding hydrogens is 412 g/mol. The lowest BCUT2D eigenvalue weighted by Crippen LogP contribution is -2.19. The third-order valence-electron chi connectivity index (χ3n) is 5.85. The van der Waals surface area contributed by atoms with E-state index in [0.29, 0.717) is 25.7 Å². The minimum atomic E-state index is -0.115. The van der Waals surface area contributed by atoms with E-state index in [1.54, 1.807) is 0 Å². The largest absolute Gasteiger partial charge is 0.273 e. The van der Waals surface area contributed by atoms with E-state index in [1.165, 1.54) is 22.3 Å². The zero-order valence-corrected chi connectivity index (χ0v) is 20.7. The number of hydrogen-bond acceptors (Lipinski definition) is 4. The van der Waals surface area contributed by atoms with Crippen LogP contribution in [0, 0.1) is 27.7 Å². The number of benzene rings is 2. The number of amides is 2. The van der Waals surface area contributed by atoms with Crippen LogP contribution in [-0.2, 0) is 9.59 Å². The zero-order valence-electron chi connectivity index (χ0n) is 20.7. The summed E-state index contributed by atoms with van der Waals surface area (Å²) in [6.07, 6.45) is 2.98. The van der Waals surface area contributed by atoms with E-state index in [0.717, 1.165) is 29.0 Å². The summed E-state index contributed by atoms with van der Waals surface area (Å²) in [5.41, 5.74) is 13.7. The predicted octanol–water partition coefficient (Wildman–Crippen LogP) is 5.25. The van der Waals surface area contributed by atoms with Gasteiger partial charge in [0, 0.05) is 12.8 Å². The minimum absolute atomic E-state index is 0.115. The normalized spacial score (nSPS) is 11.9. The molecule has 176 valence electrons. The van der Waals surface area contributed by atoms with Gasteiger partial charge in [-0.15, -0.1) is 0 Å². The highest BCUT2D eigenvalue weighted by Crippen LogP contribution is 2.12. The molecule has 0 aromatic heterocycles. The number of unbranched alkanes of at least 4 members (excludes halogenated alkanes) is 2. The molecule has 0 atom stereocenters. The van der Waals surface area contributed by atoms with Gasteiger partial charge in [0.15, 0.2) is 0 Å². The van der Waals surface area contributed by atoms with Gasteiger partial charge in [-0.2, -0.15) is 10.2 Å². The Bertz CT molecular complexity index is 971. The van der Waals surface area contributed by atoms with E-state index < -0.39 is 0 Å². The Morgan fingerprint density at radius 2 is 1.03 bits per heavy atom. The predicted molar refractivity (Wildman–Crippen MR) is 136 cm³/mol. The molecule has 6 heteroatoms. The fraction of sp³-hybridized carbons (Fsp3) is 0.407. The molecule has 0 spiro atoms. The first-order valence-corrected chi connectivity index (χ1v) is 11.5. The molecule has 2 N–H and O–H groups in total. The van der Waals surface area contributed by atoms with Crippen molar-refractivity contribution in [3.8, 4) is 0 Å². The summed E-state index contributed by atoms with van der Waals surface area (Å²) in [6.45, 7) is 12.0. The van der Waals surface area contributed by atoms with Crippen LogP contribution < -0.4 is 10.9 Å². The third kappa shape index (κ3) is 8.64. The molecule has 6 nitrogen and oxygen atoms in total. The van der Waals surface area contributed by atoms with Crippen LogP contribution in [0.15, 0.2) is 46.6 Å². The Hall–Kier alpha value is -3.28. The molecule has 0 aliphatic heterocycles. The molecule has 0 aliphatic rings. The standard InChI is InChI=1S/C27H36N4O2/c1-18-12-14-24(16-20(18)3)22(5)28-30-26(32)10-8-7-9-11-27(33)31-29-23(6)25-15-13-19(2)21(4)17-25/h12-17H,7-11H2,1-6H3,(H,30,32)(H,31,33). The number of nitrogens with one attached hydrogen (secondary N) is 2. The van der Waals surface area contributed by atoms with Crippen molar-refractivity contribution in [3.63, 3.8) is 0 Å². The Labute approximate surface area is 197 Å². The quantitative estimate of drug-likeness (QED) is 0.296. The van der Waals surface area contributed by atoms with Gasteiger partial charge in [-0.25, -0.2) is 10.9 Å². The molecule has 0 saturated carbocycles. The molecule has 33 heavy (non-hydrogen) atoms. The summed E-state index contributed by atoms with van der Waals surface area (Å²) < 4.78 is 0. The Morgan fingerprint density at radius 3 is 1.39 bits per heavy atom. The van der Waals surface area contributed by atoms with Crippen molar-refractivity contribution >= 4 is 23.2 Å². The summed E-state index contributed by atoms with van der Waals surface area (Å²) in [6, 6.07) is 12.3. The van der Waals surface area contributed by atoms with E-state index in [-0.39, 0.29) is 11.8 Å². The van der Waals surface area contributed by atoms with E-state index in [1.807, 2.05) is 26.0 Å². The Morgan fingerprint density at radius 1 is 0.636 bits per heavy atom. The SMILES string of the molecule is CC(=NNC(=O)CCCCCC(=O)NN=C(C)c1ccc(C)c(C)c1)c1ccc(C)c(C)c1. The van der Waals surface area contributed by atoms with Crippen LogP contribution in [-0.4, -0.2) is 23.2 Å². The number of hydrogen-bond donors (Lipinski definition) is 2. The third-order valence-corrected chi connectivity index (χ3v) is 5.85. The molecule has 0 bridgehead atoms. The van der Waals surface area contributed by atoms with Crippen molar-refractivity contribution in [3.05, 3.63) is 69.8 Å². The first-order valence-electron chi connectivity index (χ1n) is 11.5. The Balaban J connectivity index is 1.65. The maximum Gasteiger partial charge on any atom is 0.240 e. The molecule has 2 aromatic rings. The van der Waals surface area contributed by atoms with Crippen molar-refractivity contribution in [2.75, 3.05) is 0 Å². The second-order valence-corrected chi connectivity index (χ2v) is 8.62. The number of nitrogens with zero attached hydrogens (tertiary/aromatic N) is 2. The van der Waals surface area contributed by atoms with Crippen LogP contribution in [0.4, 0.5) is 0 Å². The number of rotatable bonds is 10. The van der Waals surface area contributed by atoms with Crippen molar-refractivity contribution in [2.24, 2.45) is 10.2 Å². The molecule has 2 amide bonds. The van der Waals surface area contributed by atoms with Crippen LogP contribution in [0.5, 0.6) is 0 Å². The zero-order chi connectivity index (χ0) is 24.4. The molecule has 0 heterocycles. The molecule has 0 radical (unpaired) electrons. The van der Waals surface area contributed by atoms with Crippen LogP contribution >= 0.6 is 0 Å². The summed E-state index contributed by atoms with van der Waals surface area (Å²) in [7, 11) is 0.